The summed E-state index contributed by atoms with van der Waals surface area (Å²) in [5.74, 6) is -0.604. The lowest BCUT2D eigenvalue weighted by Gasteiger charge is -2.12. The van der Waals surface area contributed by atoms with E-state index in [9.17, 15) is 13.2 Å². The molecule has 0 aliphatic carbocycles. The zero-order chi connectivity index (χ0) is 15.3. The van der Waals surface area contributed by atoms with Crippen LogP contribution in [0, 0.1) is 0 Å². The van der Waals surface area contributed by atoms with Gasteiger partial charge in [-0.05, 0) is 12.5 Å². The maximum absolute atomic E-state index is 12.1. The van der Waals surface area contributed by atoms with Crippen molar-refractivity contribution >= 4 is 15.9 Å². The second-order valence-electron chi connectivity index (χ2n) is 4.66. The molecule has 0 radical (unpaired) electrons. The normalized spacial score (nSPS) is 12.8. The van der Waals surface area contributed by atoms with Gasteiger partial charge in [0.25, 0.3) is 10.1 Å². The Balaban J connectivity index is 2.05. The molecule has 0 fully saturated rings. The Morgan fingerprint density at radius 1 is 1.00 bits per heavy atom. The van der Waals surface area contributed by atoms with Gasteiger partial charge in [0.05, 0.1) is 0 Å². The number of hydrogen-bond acceptors (Lipinski definition) is 4. The molecule has 5 heteroatoms. The molecule has 0 saturated heterocycles. The Morgan fingerprint density at radius 2 is 1.52 bits per heavy atom. The molecule has 0 amide bonds. The monoisotopic (exact) mass is 304 g/mol. The third-order valence-electron chi connectivity index (χ3n) is 2.90. The average molecular weight is 304 g/mol. The molecule has 2 aromatic carbocycles. The number of Topliss-reactive ketones (excluding diaryl/α,β-unsaturated/α-hetero) is 1. The molecule has 110 valence electrons. The summed E-state index contributed by atoms with van der Waals surface area (Å²) >= 11 is 0. The first kappa shape index (κ1) is 15.4. The van der Waals surface area contributed by atoms with E-state index in [1.165, 1.54) is 6.92 Å². The van der Waals surface area contributed by atoms with Gasteiger partial charge in [-0.1, -0.05) is 60.7 Å². The summed E-state index contributed by atoms with van der Waals surface area (Å²) in [6.45, 7) is 1.44. The van der Waals surface area contributed by atoms with Crippen LogP contribution < -0.4 is 0 Å². The lowest BCUT2D eigenvalue weighted by Crippen LogP contribution is -2.25. The first-order valence-electron chi connectivity index (χ1n) is 6.52. The van der Waals surface area contributed by atoms with Crippen LogP contribution in [-0.2, 0) is 20.1 Å². The van der Waals surface area contributed by atoms with Crippen molar-refractivity contribution in [2.24, 2.45) is 0 Å². The zero-order valence-corrected chi connectivity index (χ0v) is 12.4. The molecule has 0 saturated carbocycles. The highest BCUT2D eigenvalue weighted by molar-refractivity contribution is 7.85. The molecule has 0 N–H and O–H groups in total. The number of carbonyl (C=O) groups excluding carboxylic acids is 1. The van der Waals surface area contributed by atoms with Gasteiger partial charge in [-0.15, -0.1) is 0 Å². The topological polar surface area (TPSA) is 60.4 Å². The highest BCUT2D eigenvalue weighted by Gasteiger charge is 2.23. The van der Waals surface area contributed by atoms with Crippen LogP contribution in [0.25, 0.3) is 0 Å². The Morgan fingerprint density at radius 3 is 2.10 bits per heavy atom. The van der Waals surface area contributed by atoms with Gasteiger partial charge in [-0.3, -0.25) is 8.98 Å². The van der Waals surface area contributed by atoms with Gasteiger partial charge in [-0.2, -0.15) is 8.42 Å². The summed E-state index contributed by atoms with van der Waals surface area (Å²) in [5, 5.41) is 0. The number of ketones is 1. The van der Waals surface area contributed by atoms with Crippen molar-refractivity contribution in [3.8, 4) is 0 Å². The standard InChI is InChI=1S/C16H16O4S/c1-13(16(17)15-10-6-3-7-11-15)20-21(18,19)12-14-8-4-2-5-9-14/h2-11,13H,12H2,1H3. The van der Waals surface area contributed by atoms with E-state index in [4.69, 9.17) is 4.18 Å². The molecule has 2 rings (SSSR count). The molecule has 1 atom stereocenters. The van der Waals surface area contributed by atoms with E-state index in [-0.39, 0.29) is 11.5 Å². The van der Waals surface area contributed by atoms with E-state index < -0.39 is 16.2 Å². The number of rotatable bonds is 6. The van der Waals surface area contributed by atoms with Gasteiger partial charge in [0.2, 0.25) is 0 Å². The molecule has 0 bridgehead atoms. The van der Waals surface area contributed by atoms with Crippen LogP contribution in [0.5, 0.6) is 0 Å². The molecule has 1 unspecified atom stereocenters. The second kappa shape index (κ2) is 6.65. The van der Waals surface area contributed by atoms with Gasteiger partial charge >= 0.3 is 0 Å². The largest absolute Gasteiger partial charge is 0.291 e. The smallest absolute Gasteiger partial charge is 0.272 e. The van der Waals surface area contributed by atoms with E-state index in [2.05, 4.69) is 0 Å². The highest BCUT2D eigenvalue weighted by atomic mass is 32.2. The molecular formula is C16H16O4S. The summed E-state index contributed by atoms with van der Waals surface area (Å²) in [6, 6.07) is 17.2. The van der Waals surface area contributed by atoms with Crippen molar-refractivity contribution in [3.05, 3.63) is 71.8 Å². The maximum Gasteiger partial charge on any atom is 0.272 e. The molecule has 4 nitrogen and oxygen atoms in total. The molecule has 0 aliphatic heterocycles. The number of benzene rings is 2. The summed E-state index contributed by atoms with van der Waals surface area (Å²) in [6.07, 6.45) is -1.04. The molecule has 0 aliphatic rings. The molecular weight excluding hydrogens is 288 g/mol. The number of hydrogen-bond donors (Lipinski definition) is 0. The van der Waals surface area contributed by atoms with Gasteiger partial charge in [0.15, 0.2) is 5.78 Å². The Labute approximate surface area is 124 Å². The van der Waals surface area contributed by atoms with Crippen LogP contribution in [0.1, 0.15) is 22.8 Å². The van der Waals surface area contributed by atoms with Crippen molar-refractivity contribution in [2.45, 2.75) is 18.8 Å². The fourth-order valence-corrected chi connectivity index (χ4v) is 3.11. The fourth-order valence-electron chi connectivity index (χ4n) is 1.91. The van der Waals surface area contributed by atoms with Crippen molar-refractivity contribution in [2.75, 3.05) is 0 Å². The van der Waals surface area contributed by atoms with Crippen molar-refractivity contribution in [1.29, 1.82) is 0 Å². The highest BCUT2D eigenvalue weighted by Crippen LogP contribution is 2.13. The van der Waals surface area contributed by atoms with Gasteiger partial charge < -0.3 is 0 Å². The van der Waals surface area contributed by atoms with Crippen molar-refractivity contribution in [3.63, 3.8) is 0 Å². The fraction of sp³-hybridized carbons (Fsp3) is 0.188. The SMILES string of the molecule is CC(OS(=O)(=O)Cc1ccccc1)C(=O)c1ccccc1. The van der Waals surface area contributed by atoms with Crippen LogP contribution in [-0.4, -0.2) is 20.3 Å². The molecule has 2 aromatic rings. The van der Waals surface area contributed by atoms with Crippen LogP contribution in [0.2, 0.25) is 0 Å². The van der Waals surface area contributed by atoms with Gasteiger partial charge in [-0.25, -0.2) is 0 Å². The minimum atomic E-state index is -3.81. The predicted octanol–water partition coefficient (Wildman–Crippen LogP) is 2.80. The Hall–Kier alpha value is -1.98. The molecule has 0 spiro atoms. The van der Waals surface area contributed by atoms with Gasteiger partial charge in [0.1, 0.15) is 11.9 Å². The van der Waals surface area contributed by atoms with E-state index >= 15 is 0 Å². The van der Waals surface area contributed by atoms with E-state index in [0.29, 0.717) is 11.1 Å². The first-order valence-corrected chi connectivity index (χ1v) is 8.10. The zero-order valence-electron chi connectivity index (χ0n) is 11.6. The third-order valence-corrected chi connectivity index (χ3v) is 4.17. The van der Waals surface area contributed by atoms with E-state index in [1.54, 1.807) is 60.7 Å². The van der Waals surface area contributed by atoms with Crippen LogP contribution in [0.4, 0.5) is 0 Å². The minimum Gasteiger partial charge on any atom is -0.291 e. The summed E-state index contributed by atoms with van der Waals surface area (Å²) in [5.41, 5.74) is 1.05. The van der Waals surface area contributed by atoms with Crippen LogP contribution >= 0.6 is 0 Å². The summed E-state index contributed by atoms with van der Waals surface area (Å²) < 4.78 is 28.9. The van der Waals surface area contributed by atoms with Crippen molar-refractivity contribution < 1.29 is 17.4 Å². The Kier molecular flexibility index (Phi) is 4.88. The second-order valence-corrected chi connectivity index (χ2v) is 6.25. The van der Waals surface area contributed by atoms with Crippen LogP contribution in [0.3, 0.4) is 0 Å². The predicted molar refractivity (Wildman–Crippen MR) is 80.4 cm³/mol. The quantitative estimate of drug-likeness (QED) is 0.608. The summed E-state index contributed by atoms with van der Waals surface area (Å²) in [7, 11) is -3.81. The van der Waals surface area contributed by atoms with E-state index in [0.717, 1.165) is 0 Å². The lowest BCUT2D eigenvalue weighted by molar-refractivity contribution is 0.0825. The number of carbonyl (C=O) groups is 1. The molecule has 21 heavy (non-hydrogen) atoms. The first-order chi connectivity index (χ1) is 9.98. The lowest BCUT2D eigenvalue weighted by atomic mass is 10.1. The van der Waals surface area contributed by atoms with E-state index in [1.807, 2.05) is 0 Å². The van der Waals surface area contributed by atoms with Gasteiger partial charge in [0, 0.05) is 5.56 Å². The molecule has 0 aromatic heterocycles. The Bertz CT molecular complexity index is 694. The molecule has 0 heterocycles. The van der Waals surface area contributed by atoms with Crippen molar-refractivity contribution in [1.82, 2.24) is 0 Å². The average Bonchev–Trinajstić information content (AvgIpc) is 2.47. The van der Waals surface area contributed by atoms with Crippen LogP contribution in [0.15, 0.2) is 60.7 Å². The maximum atomic E-state index is 12.1. The minimum absolute atomic E-state index is 0.250. The summed E-state index contributed by atoms with van der Waals surface area (Å²) in [4.78, 5) is 12.1. The third kappa shape index (κ3) is 4.51.